The third-order valence-electron chi connectivity index (χ3n) is 17.9. The van der Waals surface area contributed by atoms with Crippen LogP contribution in [0.15, 0.2) is 169 Å². The lowest BCUT2D eigenvalue weighted by atomic mass is 9.95. The summed E-state index contributed by atoms with van der Waals surface area (Å²) in [4.78, 5) is 162. The van der Waals surface area contributed by atoms with Gasteiger partial charge in [0.2, 0.25) is 17.7 Å². The molecule has 7 amide bonds. The van der Waals surface area contributed by atoms with Crippen LogP contribution in [0, 0.1) is 40.9 Å². The number of hydrogen-bond acceptors (Lipinski definition) is 32. The van der Waals surface area contributed by atoms with Crippen molar-refractivity contribution in [3.63, 3.8) is 0 Å². The second kappa shape index (κ2) is 40.9. The van der Waals surface area contributed by atoms with E-state index in [1.54, 1.807) is 76.2 Å². The number of imide groups is 2. The Morgan fingerprint density at radius 1 is 0.529 bits per heavy atom. The first-order valence-corrected chi connectivity index (χ1v) is 39.5. The van der Waals surface area contributed by atoms with Gasteiger partial charge in [-0.3, -0.25) is 58.1 Å². The van der Waals surface area contributed by atoms with Gasteiger partial charge >= 0.3 is 35.8 Å². The summed E-state index contributed by atoms with van der Waals surface area (Å²) in [6.45, 7) is 11.3. The molecule has 2 aromatic carbocycles. The first-order chi connectivity index (χ1) is 56.6. The smallest absolute Gasteiger partial charge is 0.339 e. The van der Waals surface area contributed by atoms with Crippen molar-refractivity contribution in [2.45, 2.75) is 80.3 Å². The molecule has 39 heteroatoms. The number of nitrogens with zero attached hydrogens (tertiary/aromatic N) is 8. The summed E-state index contributed by atoms with van der Waals surface area (Å²) >= 11 is 16.0. The highest BCUT2D eigenvalue weighted by atomic mass is 35.5. The average molecular weight is 1730 g/mol. The number of furan rings is 2. The summed E-state index contributed by atoms with van der Waals surface area (Å²) in [6, 6.07) is 22.7. The zero-order chi connectivity index (χ0) is 87.7. The molecule has 8 N–H and O–H groups in total. The molecule has 0 aliphatic carbocycles. The minimum atomic E-state index is -0.741. The van der Waals surface area contributed by atoms with Gasteiger partial charge in [-0.2, -0.15) is 15.8 Å². The number of aliphatic hydroxyl groups is 2. The number of β-amino-alcohol motifs (C(OH)–C–C–N with tert-alkyl or cyclic N) is 2. The number of esters is 6. The fraction of sp³-hybridized carbons (Fsp3) is 0.300. The van der Waals surface area contributed by atoms with Gasteiger partial charge in [0.1, 0.15) is 63.8 Å². The number of hydrogen-bond donors (Lipinski definition) is 5. The molecule has 12 rings (SSSR count). The number of aryl methyl sites for hydroxylation is 1. The second-order valence-electron chi connectivity index (χ2n) is 25.8. The Balaban J connectivity index is 0.000000189. The molecule has 0 atom stereocenters. The molecule has 0 unspecified atom stereocenters. The molecule has 0 spiro atoms. The van der Waals surface area contributed by atoms with Crippen molar-refractivity contribution >= 4 is 148 Å². The van der Waals surface area contributed by atoms with Crippen LogP contribution in [0.3, 0.4) is 0 Å². The fourth-order valence-electron chi connectivity index (χ4n) is 11.9. The Kier molecular flexibility index (Phi) is 31.6. The molecule has 0 bridgehead atoms. The van der Waals surface area contributed by atoms with Crippen molar-refractivity contribution in [3.05, 3.63) is 193 Å². The number of ether oxygens (including phenoxy) is 6. The van der Waals surface area contributed by atoms with E-state index in [0.717, 1.165) is 20.9 Å². The maximum absolute atomic E-state index is 12.8. The van der Waals surface area contributed by atoms with E-state index in [0.29, 0.717) is 60.7 Å². The fourth-order valence-corrected chi connectivity index (χ4v) is 15.4. The van der Waals surface area contributed by atoms with Gasteiger partial charge in [-0.05, 0) is 125 Å². The van der Waals surface area contributed by atoms with E-state index in [4.69, 9.17) is 73.8 Å². The lowest BCUT2D eigenvalue weighted by Gasteiger charge is -2.27. The quantitative estimate of drug-likeness (QED) is 0.0274. The second-order valence-corrected chi connectivity index (χ2v) is 29.5. The maximum Gasteiger partial charge on any atom is 0.339 e. The largest absolute Gasteiger partial charge is 0.466 e. The molecule has 0 saturated carbocycles. The molecule has 3 fully saturated rings. The molecule has 0 radical (unpaired) electrons. The Morgan fingerprint density at radius 3 is 1.35 bits per heavy atom. The summed E-state index contributed by atoms with van der Waals surface area (Å²) in [5.74, 6) is -4.53. The molecule has 119 heavy (non-hydrogen) atoms. The number of thioether (sulfide) groups is 3. The monoisotopic (exact) mass is 1730 g/mol. The Hall–Kier alpha value is -12.7. The number of carbonyl (C=O) groups is 13. The van der Waals surface area contributed by atoms with Gasteiger partial charge in [0, 0.05) is 46.6 Å². The number of fused-ring (bicyclic) bond motifs is 3. The van der Waals surface area contributed by atoms with Crippen LogP contribution in [-0.2, 0) is 86.0 Å². The number of nitriles is 3. The predicted octanol–water partition coefficient (Wildman–Crippen LogP) is 7.84. The number of rotatable bonds is 18. The number of aliphatic hydroxyl groups excluding tert-OH is 2. The van der Waals surface area contributed by atoms with Gasteiger partial charge < -0.3 is 64.7 Å². The van der Waals surface area contributed by atoms with E-state index >= 15 is 0 Å². The van der Waals surface area contributed by atoms with E-state index in [-0.39, 0.29) is 183 Å². The lowest BCUT2D eigenvalue weighted by molar-refractivity contribution is -0.143. The van der Waals surface area contributed by atoms with E-state index in [9.17, 15) is 78.0 Å². The maximum atomic E-state index is 12.8. The first kappa shape index (κ1) is 91.8. The molecular weight excluding hydrogens is 1650 g/mol. The van der Waals surface area contributed by atoms with E-state index < -0.39 is 66.1 Å². The normalized spacial score (nSPS) is 17.1. The zero-order valence-corrected chi connectivity index (χ0v) is 69.4. The SMILES string of the molecule is CC1=C(C#N)C(=O)N(CCO)C(=O)/C1=C\c1ccc(-c2ccc(C)c(Cl)c2)o1.CCCOC(=O)c1cc(-c2ccc(/C=C3\C(=O)N(CCO)C(=O)C(C#N)=C3C)o2)ccc1Cl.CCOC(=O)C1=C2SCC(=O)N2C(N)=C(C#N)C1.COC(=O)C1=C(N)N2C(=O)CSC2=C(C(=O)OC(C)C)C1.COC(=O)C1=C(N)N2C(=O)CSC2=C(C(=O)OC)C1. The third-order valence-corrected chi connectivity index (χ3v) is 21.9. The minimum Gasteiger partial charge on any atom is -0.466 e. The van der Waals surface area contributed by atoms with Crippen molar-refractivity contribution in [1.82, 2.24) is 24.5 Å². The van der Waals surface area contributed by atoms with Gasteiger partial charge in [-0.25, -0.2) is 28.8 Å². The number of methoxy groups -OCH3 is 3. The lowest BCUT2D eigenvalue weighted by Crippen LogP contribution is -2.44. The van der Waals surface area contributed by atoms with Crippen LogP contribution in [0.1, 0.15) is 94.7 Å². The van der Waals surface area contributed by atoms with Gasteiger partial charge in [-0.1, -0.05) is 77.5 Å². The Morgan fingerprint density at radius 2 is 0.950 bits per heavy atom. The first-order valence-electron chi connectivity index (χ1n) is 35.8. The number of amides is 7. The van der Waals surface area contributed by atoms with Crippen LogP contribution in [0.5, 0.6) is 0 Å². The van der Waals surface area contributed by atoms with Crippen LogP contribution in [0.2, 0.25) is 10.0 Å². The molecule has 4 aromatic rings. The van der Waals surface area contributed by atoms with E-state index in [1.165, 1.54) is 90.4 Å². The topological polar surface area (TPSA) is 510 Å². The van der Waals surface area contributed by atoms with Gasteiger partial charge in [0.05, 0.1) is 149 Å². The van der Waals surface area contributed by atoms with Crippen LogP contribution in [0.25, 0.3) is 34.8 Å². The summed E-state index contributed by atoms with van der Waals surface area (Å²) in [5, 5.41) is 48.2. The van der Waals surface area contributed by atoms with Gasteiger partial charge in [0.15, 0.2) is 0 Å². The molecule has 2 aromatic heterocycles. The Labute approximate surface area is 703 Å². The molecule has 8 aliphatic rings. The highest BCUT2D eigenvalue weighted by Crippen LogP contribution is 2.44. The molecule has 34 nitrogen and oxygen atoms in total. The van der Waals surface area contributed by atoms with Crippen molar-refractivity contribution < 1.29 is 110 Å². The molecule has 10 heterocycles. The van der Waals surface area contributed by atoms with Crippen molar-refractivity contribution in [3.8, 4) is 40.9 Å². The highest BCUT2D eigenvalue weighted by Gasteiger charge is 2.44. The minimum absolute atomic E-state index is 0.00269. The Bertz CT molecular complexity index is 5420. The van der Waals surface area contributed by atoms with Crippen molar-refractivity contribution in [1.29, 1.82) is 15.8 Å². The summed E-state index contributed by atoms with van der Waals surface area (Å²) < 4.78 is 40.8. The van der Waals surface area contributed by atoms with Gasteiger partial charge in [-0.15, -0.1) is 0 Å². The third kappa shape index (κ3) is 20.3. The number of nitrogens with two attached hydrogens (primary N) is 3. The summed E-state index contributed by atoms with van der Waals surface area (Å²) in [6.07, 6.45) is 3.42. The van der Waals surface area contributed by atoms with Crippen LogP contribution >= 0.6 is 58.5 Å². The van der Waals surface area contributed by atoms with Crippen LogP contribution in [-0.4, -0.2) is 196 Å². The van der Waals surface area contributed by atoms with Crippen LogP contribution in [0.4, 0.5) is 0 Å². The average Bonchev–Trinajstić information content (AvgIpc) is 1.71. The van der Waals surface area contributed by atoms with Crippen molar-refractivity contribution in [2.24, 2.45) is 17.2 Å². The van der Waals surface area contributed by atoms with E-state index in [2.05, 4.69) is 14.2 Å². The standard InChI is InChI=1S/C24H21ClN2O6.C21H17ClN2O4.C13H16N2O5S.C11H11N3O3S.C11H12N2O5S/c1-3-10-32-24(31)18-11-15(4-6-20(18)25)21-7-5-16(33-21)12-17-14(2)19(13-26)23(30)27(8-9-28)22(17)29;1-12-3-4-14(9-18(12)22)19-6-5-15(28-19)10-16-13(2)17(11-23)21(27)24(7-8-25)20(16)26;1-6(2)20-13(18)8-4-7(12(17)19-3)10(14)15-9(16)5-21-11(8)15;1-2-17-11(16)7-3-6(4-12)9(13)14-8(15)5-18-10(7)14;1-17-10(15)5-3-6(11(16)18-2)9-13(8(5)12)7(14)4-19-9/h4-7,11-12,28H,3,8-10H2,1-2H3;3-6,9-10,25H,7-8H2,1-2H3;6H,4-5,14H2,1-3H3;2-3,5,13H2,1H3;3-4,12H2,1-2H3/b17-12-;16-10-;;;. The van der Waals surface area contributed by atoms with Gasteiger partial charge in [0.25, 0.3) is 23.6 Å². The molecule has 3 saturated heterocycles. The number of carbonyl (C=O) groups excluding carboxylic acids is 13. The number of benzene rings is 2. The molecular formula is C80H77Cl2N11O23S3. The summed E-state index contributed by atoms with van der Waals surface area (Å²) in [7, 11) is 3.66. The number of allylic oxidation sites excluding steroid dienone is 1. The van der Waals surface area contributed by atoms with Crippen molar-refractivity contribution in [2.75, 3.05) is 78.1 Å². The highest BCUT2D eigenvalue weighted by molar-refractivity contribution is 8.04. The van der Waals surface area contributed by atoms with E-state index in [1.807, 2.05) is 44.2 Å². The predicted molar refractivity (Wildman–Crippen MR) is 430 cm³/mol. The number of halogens is 2. The van der Waals surface area contributed by atoms with Crippen LogP contribution < -0.4 is 17.2 Å². The molecule has 8 aliphatic heterocycles. The zero-order valence-electron chi connectivity index (χ0n) is 65.5. The summed E-state index contributed by atoms with van der Waals surface area (Å²) in [5.41, 5.74) is 21.7. The molecule has 622 valence electrons.